The summed E-state index contributed by atoms with van der Waals surface area (Å²) in [6, 6.07) is 15.5. The van der Waals surface area contributed by atoms with Crippen LogP contribution in [0.1, 0.15) is 11.1 Å². The van der Waals surface area contributed by atoms with E-state index in [4.69, 9.17) is 17.3 Å². The predicted octanol–water partition coefficient (Wildman–Crippen LogP) is 2.77. The highest BCUT2D eigenvalue weighted by Gasteiger charge is 2.23. The molecule has 120 valence electrons. The van der Waals surface area contributed by atoms with Crippen LogP contribution in [0.4, 0.5) is 5.69 Å². The van der Waals surface area contributed by atoms with Crippen molar-refractivity contribution in [2.24, 2.45) is 0 Å². The Labute approximate surface area is 141 Å². The monoisotopic (exact) mass is 329 g/mol. The van der Waals surface area contributed by atoms with Crippen LogP contribution in [0.25, 0.3) is 0 Å². The Hall–Kier alpha value is -2.04. The van der Waals surface area contributed by atoms with Crippen LogP contribution in [-0.4, -0.2) is 35.3 Å². The van der Waals surface area contributed by atoms with Gasteiger partial charge in [-0.15, -0.1) is 0 Å². The van der Waals surface area contributed by atoms with Crippen molar-refractivity contribution in [2.75, 3.05) is 25.4 Å². The molecule has 0 atom stereocenters. The maximum Gasteiger partial charge on any atom is 0.237 e. The number of nitrogen functional groups attached to an aromatic ring is 1. The van der Waals surface area contributed by atoms with Crippen LogP contribution < -0.4 is 5.73 Å². The van der Waals surface area contributed by atoms with Crippen molar-refractivity contribution < 1.29 is 4.79 Å². The Balaban J connectivity index is 1.58. The van der Waals surface area contributed by atoms with Crippen LogP contribution in [0, 0.1) is 0 Å². The SMILES string of the molecule is Nc1cccc(CN2CCN(Cc3cccc(Cl)c3)C(=O)C2)c1. The first-order chi connectivity index (χ1) is 11.1. The molecule has 5 heteroatoms. The Bertz CT molecular complexity index is 704. The number of carbonyl (C=O) groups excluding carboxylic acids is 1. The molecule has 0 unspecified atom stereocenters. The van der Waals surface area contributed by atoms with Gasteiger partial charge in [0.15, 0.2) is 0 Å². The minimum Gasteiger partial charge on any atom is -0.399 e. The van der Waals surface area contributed by atoms with E-state index in [0.717, 1.165) is 36.4 Å². The van der Waals surface area contributed by atoms with Crippen molar-refractivity contribution in [3.8, 4) is 0 Å². The number of carbonyl (C=O) groups is 1. The van der Waals surface area contributed by atoms with E-state index >= 15 is 0 Å². The minimum absolute atomic E-state index is 0.153. The molecule has 1 aliphatic heterocycles. The van der Waals surface area contributed by atoms with Crippen LogP contribution in [0.5, 0.6) is 0 Å². The number of piperazine rings is 1. The highest BCUT2D eigenvalue weighted by Crippen LogP contribution is 2.16. The molecule has 0 aromatic heterocycles. The first-order valence-electron chi connectivity index (χ1n) is 7.69. The topological polar surface area (TPSA) is 49.6 Å². The van der Waals surface area contributed by atoms with Gasteiger partial charge in [0.05, 0.1) is 6.54 Å². The zero-order chi connectivity index (χ0) is 16.2. The number of nitrogens with zero attached hydrogens (tertiary/aromatic N) is 2. The highest BCUT2D eigenvalue weighted by molar-refractivity contribution is 6.30. The lowest BCUT2D eigenvalue weighted by Gasteiger charge is -2.34. The number of halogens is 1. The summed E-state index contributed by atoms with van der Waals surface area (Å²) in [6.45, 7) is 3.40. The molecule has 0 aliphatic carbocycles. The van der Waals surface area contributed by atoms with E-state index < -0.39 is 0 Å². The first-order valence-corrected chi connectivity index (χ1v) is 8.07. The second kappa shape index (κ2) is 7.02. The summed E-state index contributed by atoms with van der Waals surface area (Å²) in [5.74, 6) is 0.153. The molecule has 0 saturated carbocycles. The molecule has 1 heterocycles. The molecule has 0 radical (unpaired) electrons. The molecule has 2 aromatic carbocycles. The van der Waals surface area contributed by atoms with Gasteiger partial charge in [0.2, 0.25) is 5.91 Å². The number of benzene rings is 2. The van der Waals surface area contributed by atoms with E-state index in [1.807, 2.05) is 53.4 Å². The summed E-state index contributed by atoms with van der Waals surface area (Å²) in [4.78, 5) is 16.4. The maximum absolute atomic E-state index is 12.4. The van der Waals surface area contributed by atoms with Crippen molar-refractivity contribution in [3.05, 3.63) is 64.7 Å². The summed E-state index contributed by atoms with van der Waals surface area (Å²) in [6.07, 6.45) is 0. The zero-order valence-corrected chi connectivity index (χ0v) is 13.7. The molecule has 23 heavy (non-hydrogen) atoms. The number of nitrogens with two attached hydrogens (primary N) is 1. The van der Waals surface area contributed by atoms with Gasteiger partial charge in [-0.2, -0.15) is 0 Å². The third-order valence-electron chi connectivity index (χ3n) is 4.02. The minimum atomic E-state index is 0.153. The van der Waals surface area contributed by atoms with Gasteiger partial charge >= 0.3 is 0 Å². The third-order valence-corrected chi connectivity index (χ3v) is 4.25. The Morgan fingerprint density at radius 2 is 1.74 bits per heavy atom. The predicted molar refractivity (Wildman–Crippen MR) is 93.0 cm³/mol. The molecule has 1 saturated heterocycles. The standard InChI is InChI=1S/C18H20ClN3O/c19-16-5-1-3-14(9-16)12-22-8-7-21(13-18(22)23)11-15-4-2-6-17(20)10-15/h1-6,9-10H,7-8,11-13,20H2. The van der Waals surface area contributed by atoms with E-state index in [2.05, 4.69) is 4.90 Å². The average molecular weight is 330 g/mol. The van der Waals surface area contributed by atoms with Gasteiger partial charge in [-0.25, -0.2) is 0 Å². The van der Waals surface area contributed by atoms with E-state index in [-0.39, 0.29) is 5.91 Å². The fourth-order valence-electron chi connectivity index (χ4n) is 2.86. The van der Waals surface area contributed by atoms with Crippen LogP contribution >= 0.6 is 11.6 Å². The summed E-state index contributed by atoms with van der Waals surface area (Å²) < 4.78 is 0. The molecule has 2 aromatic rings. The summed E-state index contributed by atoms with van der Waals surface area (Å²) in [5, 5.41) is 0.704. The van der Waals surface area contributed by atoms with Crippen molar-refractivity contribution in [1.29, 1.82) is 0 Å². The van der Waals surface area contributed by atoms with Gasteiger partial charge in [-0.3, -0.25) is 9.69 Å². The average Bonchev–Trinajstić information content (AvgIpc) is 2.50. The number of hydrogen-bond acceptors (Lipinski definition) is 3. The van der Waals surface area contributed by atoms with Gasteiger partial charge < -0.3 is 10.6 Å². The third kappa shape index (κ3) is 4.24. The summed E-state index contributed by atoms with van der Waals surface area (Å²) in [7, 11) is 0. The van der Waals surface area contributed by atoms with Crippen LogP contribution in [0.2, 0.25) is 5.02 Å². The van der Waals surface area contributed by atoms with Crippen LogP contribution in [-0.2, 0) is 17.9 Å². The molecule has 4 nitrogen and oxygen atoms in total. The number of hydrogen-bond donors (Lipinski definition) is 1. The van der Waals surface area contributed by atoms with E-state index in [9.17, 15) is 4.79 Å². The zero-order valence-electron chi connectivity index (χ0n) is 12.9. The second-order valence-corrected chi connectivity index (χ2v) is 6.34. The Morgan fingerprint density at radius 3 is 2.43 bits per heavy atom. The molecule has 2 N–H and O–H groups in total. The van der Waals surface area contributed by atoms with Crippen LogP contribution in [0.3, 0.4) is 0 Å². The maximum atomic E-state index is 12.4. The van der Waals surface area contributed by atoms with Gasteiger partial charge in [0.1, 0.15) is 0 Å². The summed E-state index contributed by atoms with van der Waals surface area (Å²) >= 11 is 6.00. The smallest absolute Gasteiger partial charge is 0.237 e. The van der Waals surface area contributed by atoms with Gasteiger partial charge in [0.25, 0.3) is 0 Å². The molecule has 3 rings (SSSR count). The van der Waals surface area contributed by atoms with Gasteiger partial charge in [-0.1, -0.05) is 35.9 Å². The largest absolute Gasteiger partial charge is 0.399 e. The molecule has 0 spiro atoms. The lowest BCUT2D eigenvalue weighted by molar-refractivity contribution is -0.136. The lowest BCUT2D eigenvalue weighted by Crippen LogP contribution is -2.49. The van der Waals surface area contributed by atoms with E-state index in [0.29, 0.717) is 18.1 Å². The molecule has 1 aliphatic rings. The van der Waals surface area contributed by atoms with Crippen molar-refractivity contribution >= 4 is 23.2 Å². The fraction of sp³-hybridized carbons (Fsp3) is 0.278. The quantitative estimate of drug-likeness (QED) is 0.877. The normalized spacial score (nSPS) is 15.9. The van der Waals surface area contributed by atoms with Crippen LogP contribution in [0.15, 0.2) is 48.5 Å². The Morgan fingerprint density at radius 1 is 1.00 bits per heavy atom. The van der Waals surface area contributed by atoms with E-state index in [1.54, 1.807) is 0 Å². The first kappa shape index (κ1) is 15.8. The lowest BCUT2D eigenvalue weighted by atomic mass is 10.1. The van der Waals surface area contributed by atoms with E-state index in [1.165, 1.54) is 0 Å². The molecule has 1 amide bonds. The second-order valence-electron chi connectivity index (χ2n) is 5.90. The Kier molecular flexibility index (Phi) is 4.84. The van der Waals surface area contributed by atoms with Crippen molar-refractivity contribution in [2.45, 2.75) is 13.1 Å². The van der Waals surface area contributed by atoms with Gasteiger partial charge in [-0.05, 0) is 35.4 Å². The van der Waals surface area contributed by atoms with Crippen molar-refractivity contribution in [1.82, 2.24) is 9.80 Å². The fourth-order valence-corrected chi connectivity index (χ4v) is 3.08. The molecule has 0 bridgehead atoms. The van der Waals surface area contributed by atoms with Crippen molar-refractivity contribution in [3.63, 3.8) is 0 Å². The van der Waals surface area contributed by atoms with Gasteiger partial charge in [0, 0.05) is 36.9 Å². The number of amides is 1. The number of anilines is 1. The molecular weight excluding hydrogens is 310 g/mol. The highest BCUT2D eigenvalue weighted by atomic mass is 35.5. The molecule has 1 fully saturated rings. The summed E-state index contributed by atoms with van der Waals surface area (Å²) in [5.41, 5.74) is 8.77. The number of rotatable bonds is 4. The molecular formula is C18H20ClN3O.